The normalized spacial score (nSPS) is 11.5. The summed E-state index contributed by atoms with van der Waals surface area (Å²) in [4.78, 5) is 9.03. The molecule has 0 aliphatic heterocycles. The molecule has 5 aromatic rings. The number of hydrogen-bond acceptors (Lipinski definition) is 4. The third-order valence-electron chi connectivity index (χ3n) is 4.41. The summed E-state index contributed by atoms with van der Waals surface area (Å²) >= 11 is 0. The number of fused-ring (bicyclic) bond motifs is 2. The Morgan fingerprint density at radius 3 is 2.50 bits per heavy atom. The maximum atomic E-state index is 4.69. The van der Waals surface area contributed by atoms with Gasteiger partial charge in [0.1, 0.15) is 0 Å². The average molecular weight is 340 g/mol. The fourth-order valence-corrected chi connectivity index (χ4v) is 3.16. The van der Waals surface area contributed by atoms with E-state index >= 15 is 0 Å². The molecule has 26 heavy (non-hydrogen) atoms. The van der Waals surface area contributed by atoms with Gasteiger partial charge in [-0.25, -0.2) is 14.0 Å². The molecule has 0 saturated carbocycles. The van der Waals surface area contributed by atoms with Gasteiger partial charge in [0.2, 0.25) is 0 Å². The molecule has 0 N–H and O–H groups in total. The Labute approximate surface area is 149 Å². The number of hydrogen-bond donors (Lipinski definition) is 0. The highest BCUT2D eigenvalue weighted by Gasteiger charge is 2.11. The van der Waals surface area contributed by atoms with Crippen molar-refractivity contribution in [2.75, 3.05) is 0 Å². The Hall–Kier alpha value is -3.54. The minimum absolute atomic E-state index is 0.614. The third-order valence-corrected chi connectivity index (χ3v) is 4.41. The van der Waals surface area contributed by atoms with Crippen LogP contribution < -0.4 is 0 Å². The van der Waals surface area contributed by atoms with Crippen molar-refractivity contribution in [3.63, 3.8) is 0 Å². The number of aromatic nitrogens is 6. The zero-order chi connectivity index (χ0) is 17.7. The first kappa shape index (κ1) is 14.8. The molecule has 0 bridgehead atoms. The first-order chi connectivity index (χ1) is 12.7. The van der Waals surface area contributed by atoms with Gasteiger partial charge in [-0.15, -0.1) is 5.10 Å². The number of aryl methyl sites for hydroxylation is 2. The molecule has 126 valence electrons. The van der Waals surface area contributed by atoms with Gasteiger partial charge in [0.25, 0.3) is 5.78 Å². The second kappa shape index (κ2) is 5.49. The quantitative estimate of drug-likeness (QED) is 0.491. The van der Waals surface area contributed by atoms with E-state index in [1.54, 1.807) is 4.52 Å². The summed E-state index contributed by atoms with van der Waals surface area (Å²) in [6.07, 6.45) is 1.96. The van der Waals surface area contributed by atoms with Gasteiger partial charge in [-0.3, -0.25) is 0 Å². The Morgan fingerprint density at radius 2 is 1.65 bits per heavy atom. The monoisotopic (exact) mass is 340 g/mol. The van der Waals surface area contributed by atoms with Gasteiger partial charge < -0.3 is 0 Å². The standard InChI is InChI=1S/C20H16N6/c1-13-10-14(2)26-20(21-13)22-19(24-26)16-8-9-17-11-18(23-25(17)12-16)15-6-4-3-5-7-15/h3-12H,1-2H3. The maximum absolute atomic E-state index is 4.69. The molecule has 4 aromatic heterocycles. The Balaban J connectivity index is 1.62. The summed E-state index contributed by atoms with van der Waals surface area (Å²) in [7, 11) is 0. The zero-order valence-electron chi connectivity index (χ0n) is 14.5. The molecule has 1 aromatic carbocycles. The summed E-state index contributed by atoms with van der Waals surface area (Å²) in [5, 5.41) is 9.29. The van der Waals surface area contributed by atoms with Crippen LogP contribution in [0.3, 0.4) is 0 Å². The predicted molar refractivity (Wildman–Crippen MR) is 99.9 cm³/mol. The fourth-order valence-electron chi connectivity index (χ4n) is 3.16. The molecular weight excluding hydrogens is 324 g/mol. The third kappa shape index (κ3) is 2.35. The Kier molecular flexibility index (Phi) is 3.12. The van der Waals surface area contributed by atoms with Crippen LogP contribution in [0.2, 0.25) is 0 Å². The van der Waals surface area contributed by atoms with Gasteiger partial charge in [-0.1, -0.05) is 30.3 Å². The molecule has 0 unspecified atom stereocenters. The number of nitrogens with zero attached hydrogens (tertiary/aromatic N) is 6. The molecule has 6 heteroatoms. The molecule has 0 saturated heterocycles. The summed E-state index contributed by atoms with van der Waals surface area (Å²) in [5.74, 6) is 1.26. The first-order valence-corrected chi connectivity index (χ1v) is 8.44. The van der Waals surface area contributed by atoms with Crippen LogP contribution in [-0.4, -0.2) is 29.2 Å². The lowest BCUT2D eigenvalue weighted by Crippen LogP contribution is -1.97. The number of benzene rings is 1. The van der Waals surface area contributed by atoms with Gasteiger partial charge in [0.05, 0.1) is 11.2 Å². The van der Waals surface area contributed by atoms with Crippen molar-refractivity contribution in [1.29, 1.82) is 0 Å². The topological polar surface area (TPSA) is 60.4 Å². The lowest BCUT2D eigenvalue weighted by atomic mass is 10.1. The van der Waals surface area contributed by atoms with E-state index < -0.39 is 0 Å². The van der Waals surface area contributed by atoms with Crippen LogP contribution in [0, 0.1) is 13.8 Å². The van der Waals surface area contributed by atoms with Crippen LogP contribution in [0.15, 0.2) is 60.8 Å². The fraction of sp³-hybridized carbons (Fsp3) is 0.100. The summed E-state index contributed by atoms with van der Waals surface area (Å²) in [6, 6.07) is 18.3. The predicted octanol–water partition coefficient (Wildman–Crippen LogP) is 3.72. The lowest BCUT2D eigenvalue weighted by molar-refractivity contribution is 0.886. The highest BCUT2D eigenvalue weighted by Crippen LogP contribution is 2.22. The molecule has 5 rings (SSSR count). The largest absolute Gasteiger partial charge is 0.253 e. The van der Waals surface area contributed by atoms with Gasteiger partial charge >= 0.3 is 0 Å². The smallest absolute Gasteiger partial charge is 0.240 e. The van der Waals surface area contributed by atoms with Crippen molar-refractivity contribution in [1.82, 2.24) is 29.2 Å². The lowest BCUT2D eigenvalue weighted by Gasteiger charge is -1.98. The summed E-state index contributed by atoms with van der Waals surface area (Å²) in [5.41, 5.74) is 5.92. The van der Waals surface area contributed by atoms with E-state index in [9.17, 15) is 0 Å². The van der Waals surface area contributed by atoms with E-state index in [0.29, 0.717) is 11.6 Å². The Bertz CT molecular complexity index is 1250. The van der Waals surface area contributed by atoms with E-state index in [1.165, 1.54) is 0 Å². The van der Waals surface area contributed by atoms with Gasteiger partial charge in [0, 0.05) is 28.7 Å². The molecule has 6 nitrogen and oxygen atoms in total. The van der Waals surface area contributed by atoms with Crippen LogP contribution in [0.5, 0.6) is 0 Å². The summed E-state index contributed by atoms with van der Waals surface area (Å²) in [6.45, 7) is 3.96. The summed E-state index contributed by atoms with van der Waals surface area (Å²) < 4.78 is 3.64. The van der Waals surface area contributed by atoms with Crippen LogP contribution in [0.1, 0.15) is 11.4 Å². The van der Waals surface area contributed by atoms with E-state index in [-0.39, 0.29) is 0 Å². The second-order valence-electron chi connectivity index (χ2n) is 6.37. The van der Waals surface area contributed by atoms with Crippen molar-refractivity contribution >= 4 is 11.3 Å². The highest BCUT2D eigenvalue weighted by atomic mass is 15.3. The van der Waals surface area contributed by atoms with Gasteiger partial charge in [0.15, 0.2) is 5.82 Å². The van der Waals surface area contributed by atoms with Gasteiger partial charge in [-0.2, -0.15) is 10.1 Å². The maximum Gasteiger partial charge on any atom is 0.253 e. The average Bonchev–Trinajstić information content (AvgIpc) is 3.25. The zero-order valence-corrected chi connectivity index (χ0v) is 14.5. The second-order valence-corrected chi connectivity index (χ2v) is 6.37. The molecule has 0 atom stereocenters. The molecule has 0 spiro atoms. The van der Waals surface area contributed by atoms with E-state index in [0.717, 1.165) is 33.7 Å². The van der Waals surface area contributed by atoms with Crippen molar-refractivity contribution in [2.45, 2.75) is 13.8 Å². The molecule has 0 fully saturated rings. The minimum atomic E-state index is 0.614. The molecule has 0 amide bonds. The van der Waals surface area contributed by atoms with E-state index in [2.05, 4.69) is 33.3 Å². The first-order valence-electron chi connectivity index (χ1n) is 8.44. The number of pyridine rings is 1. The Morgan fingerprint density at radius 1 is 0.808 bits per heavy atom. The van der Waals surface area contributed by atoms with E-state index in [4.69, 9.17) is 5.10 Å². The molecule has 0 aliphatic carbocycles. The van der Waals surface area contributed by atoms with Crippen LogP contribution in [0.4, 0.5) is 0 Å². The molecule has 4 heterocycles. The molecular formula is C20H16N6. The van der Waals surface area contributed by atoms with Crippen molar-refractivity contribution in [3.05, 3.63) is 72.2 Å². The SMILES string of the molecule is Cc1cc(C)n2nc(-c3ccc4cc(-c5ccccc5)nn4c3)nc2n1. The number of rotatable bonds is 2. The van der Waals surface area contributed by atoms with E-state index in [1.807, 2.05) is 61.0 Å². The van der Waals surface area contributed by atoms with Crippen LogP contribution >= 0.6 is 0 Å². The molecule has 0 aliphatic rings. The highest BCUT2D eigenvalue weighted by molar-refractivity contribution is 5.68. The van der Waals surface area contributed by atoms with Crippen molar-refractivity contribution < 1.29 is 0 Å². The molecule has 0 radical (unpaired) electrons. The van der Waals surface area contributed by atoms with Crippen molar-refractivity contribution in [2.24, 2.45) is 0 Å². The minimum Gasteiger partial charge on any atom is -0.240 e. The van der Waals surface area contributed by atoms with Crippen LogP contribution in [0.25, 0.3) is 33.9 Å². The van der Waals surface area contributed by atoms with Crippen molar-refractivity contribution in [3.8, 4) is 22.6 Å². The van der Waals surface area contributed by atoms with Gasteiger partial charge in [-0.05, 0) is 38.1 Å². The van der Waals surface area contributed by atoms with Crippen LogP contribution in [-0.2, 0) is 0 Å².